The highest BCUT2D eigenvalue weighted by Gasteiger charge is 2.29. The van der Waals surface area contributed by atoms with Crippen molar-refractivity contribution in [3.05, 3.63) is 54.1 Å². The molecule has 0 aliphatic heterocycles. The topological polar surface area (TPSA) is 77.1 Å². The molecule has 0 aliphatic carbocycles. The molecular weight excluding hydrogens is 420 g/mol. The monoisotopic (exact) mass is 456 g/mol. The van der Waals surface area contributed by atoms with E-state index in [0.29, 0.717) is 36.6 Å². The highest BCUT2D eigenvalue weighted by molar-refractivity contribution is 5.88. The Morgan fingerprint density at radius 1 is 0.939 bits per heavy atom. The molecule has 2 amide bonds. The molecule has 0 saturated heterocycles. The second-order valence-electron chi connectivity index (χ2n) is 7.90. The zero-order valence-corrected chi connectivity index (χ0v) is 20.3. The van der Waals surface area contributed by atoms with E-state index in [1.807, 2.05) is 51.1 Å². The van der Waals surface area contributed by atoms with Gasteiger partial charge in [0.25, 0.3) is 5.91 Å². The highest BCUT2D eigenvalue weighted by Crippen LogP contribution is 2.27. The van der Waals surface area contributed by atoms with Crippen LogP contribution in [0.2, 0.25) is 0 Å². The van der Waals surface area contributed by atoms with E-state index in [4.69, 9.17) is 14.2 Å². The van der Waals surface area contributed by atoms with Gasteiger partial charge < -0.3 is 24.4 Å². The molecule has 2 atom stereocenters. The lowest BCUT2D eigenvalue weighted by Crippen LogP contribution is -2.52. The summed E-state index contributed by atoms with van der Waals surface area (Å²) in [6.45, 7) is 6.11. The average molecular weight is 457 g/mol. The molecule has 7 nitrogen and oxygen atoms in total. The fourth-order valence-corrected chi connectivity index (χ4v) is 3.43. The van der Waals surface area contributed by atoms with E-state index >= 15 is 0 Å². The van der Waals surface area contributed by atoms with Crippen LogP contribution in [-0.2, 0) is 16.0 Å². The molecule has 0 fully saturated rings. The third kappa shape index (κ3) is 8.00. The van der Waals surface area contributed by atoms with Crippen LogP contribution in [0.1, 0.15) is 39.2 Å². The van der Waals surface area contributed by atoms with Gasteiger partial charge in [0.1, 0.15) is 23.3 Å². The molecule has 0 heterocycles. The first-order valence-corrected chi connectivity index (χ1v) is 11.4. The molecule has 2 aromatic rings. The molecule has 1 N–H and O–H groups in total. The zero-order valence-electron chi connectivity index (χ0n) is 20.3. The van der Waals surface area contributed by atoms with Crippen LogP contribution in [0.15, 0.2) is 48.5 Å². The average Bonchev–Trinajstić information content (AvgIpc) is 2.85. The van der Waals surface area contributed by atoms with E-state index < -0.39 is 6.04 Å². The standard InChI is InChI=1S/C26H36N2O5/c1-6-19(3)27-26(30)24(7-2)28(14-13-20-11-9-8-10-12-20)25(29)18-33-23-16-21(31-4)15-22(17-23)32-5/h8-12,15-17,19,24H,6-7,13-14,18H2,1-5H3,(H,27,30). The Kier molecular flexibility index (Phi) is 10.5. The third-order valence-electron chi connectivity index (χ3n) is 5.56. The molecule has 7 heteroatoms. The van der Waals surface area contributed by atoms with Crippen LogP contribution < -0.4 is 19.5 Å². The van der Waals surface area contributed by atoms with Crippen molar-refractivity contribution in [2.75, 3.05) is 27.4 Å². The van der Waals surface area contributed by atoms with Crippen LogP contribution in [0.5, 0.6) is 17.2 Å². The Balaban J connectivity index is 2.18. The number of nitrogens with zero attached hydrogens (tertiary/aromatic N) is 1. The summed E-state index contributed by atoms with van der Waals surface area (Å²) >= 11 is 0. The van der Waals surface area contributed by atoms with Gasteiger partial charge in [-0.15, -0.1) is 0 Å². The quantitative estimate of drug-likeness (QED) is 0.495. The van der Waals surface area contributed by atoms with Gasteiger partial charge in [-0.25, -0.2) is 0 Å². The van der Waals surface area contributed by atoms with Crippen LogP contribution in [0.25, 0.3) is 0 Å². The van der Waals surface area contributed by atoms with Crippen molar-refractivity contribution in [1.82, 2.24) is 10.2 Å². The molecule has 0 aromatic heterocycles. The number of hydrogen-bond acceptors (Lipinski definition) is 5. The maximum atomic E-state index is 13.3. The number of benzene rings is 2. The summed E-state index contributed by atoms with van der Waals surface area (Å²) in [7, 11) is 3.10. The number of nitrogens with one attached hydrogen (secondary N) is 1. The van der Waals surface area contributed by atoms with E-state index in [1.165, 1.54) is 0 Å². The smallest absolute Gasteiger partial charge is 0.261 e. The second kappa shape index (κ2) is 13.4. The van der Waals surface area contributed by atoms with Crippen molar-refractivity contribution >= 4 is 11.8 Å². The molecule has 33 heavy (non-hydrogen) atoms. The summed E-state index contributed by atoms with van der Waals surface area (Å²) in [5, 5.41) is 3.01. The molecule has 180 valence electrons. The van der Waals surface area contributed by atoms with E-state index in [0.717, 1.165) is 12.0 Å². The molecule has 0 saturated carbocycles. The van der Waals surface area contributed by atoms with Gasteiger partial charge in [-0.05, 0) is 31.7 Å². The first-order chi connectivity index (χ1) is 15.9. The number of carbonyl (C=O) groups is 2. The molecule has 0 radical (unpaired) electrons. The predicted octanol–water partition coefficient (Wildman–Crippen LogP) is 3.85. The Morgan fingerprint density at radius 2 is 1.55 bits per heavy atom. The zero-order chi connectivity index (χ0) is 24.2. The van der Waals surface area contributed by atoms with Crippen molar-refractivity contribution in [2.45, 2.75) is 52.1 Å². The first kappa shape index (κ1) is 26.0. The second-order valence-corrected chi connectivity index (χ2v) is 7.90. The fraction of sp³-hybridized carbons (Fsp3) is 0.462. The van der Waals surface area contributed by atoms with Crippen LogP contribution >= 0.6 is 0 Å². The van der Waals surface area contributed by atoms with Crippen molar-refractivity contribution < 1.29 is 23.8 Å². The summed E-state index contributed by atoms with van der Waals surface area (Å²) < 4.78 is 16.3. The largest absolute Gasteiger partial charge is 0.496 e. The van der Waals surface area contributed by atoms with Crippen LogP contribution in [0.3, 0.4) is 0 Å². The van der Waals surface area contributed by atoms with Crippen molar-refractivity contribution in [1.29, 1.82) is 0 Å². The van der Waals surface area contributed by atoms with E-state index in [9.17, 15) is 9.59 Å². The Bertz CT molecular complexity index is 865. The van der Waals surface area contributed by atoms with Crippen molar-refractivity contribution in [3.63, 3.8) is 0 Å². The lowest BCUT2D eigenvalue weighted by atomic mass is 10.1. The van der Waals surface area contributed by atoms with Gasteiger partial charge in [0.15, 0.2) is 6.61 Å². The third-order valence-corrected chi connectivity index (χ3v) is 5.56. The van der Waals surface area contributed by atoms with Gasteiger partial charge >= 0.3 is 0 Å². The van der Waals surface area contributed by atoms with Gasteiger partial charge in [0.05, 0.1) is 14.2 Å². The lowest BCUT2D eigenvalue weighted by Gasteiger charge is -2.31. The summed E-state index contributed by atoms with van der Waals surface area (Å²) in [6.07, 6.45) is 1.98. The molecule has 0 aliphatic rings. The number of amides is 2. The first-order valence-electron chi connectivity index (χ1n) is 11.4. The van der Waals surface area contributed by atoms with Crippen molar-refractivity contribution in [3.8, 4) is 17.2 Å². The van der Waals surface area contributed by atoms with Crippen LogP contribution in [0, 0.1) is 0 Å². The van der Waals surface area contributed by atoms with Crippen LogP contribution in [-0.4, -0.2) is 56.2 Å². The predicted molar refractivity (Wildman–Crippen MR) is 129 cm³/mol. The van der Waals surface area contributed by atoms with Gasteiger partial charge in [0.2, 0.25) is 5.91 Å². The summed E-state index contributed by atoms with van der Waals surface area (Å²) in [5.41, 5.74) is 1.10. The molecule has 2 aromatic carbocycles. The summed E-state index contributed by atoms with van der Waals surface area (Å²) in [4.78, 5) is 27.9. The molecule has 0 spiro atoms. The van der Waals surface area contributed by atoms with Gasteiger partial charge in [-0.3, -0.25) is 9.59 Å². The minimum atomic E-state index is -0.571. The van der Waals surface area contributed by atoms with Gasteiger partial charge in [0, 0.05) is 30.8 Å². The maximum Gasteiger partial charge on any atom is 0.261 e. The SMILES string of the molecule is CCC(C)NC(=O)C(CC)N(CCc1ccccc1)C(=O)COc1cc(OC)cc(OC)c1. The lowest BCUT2D eigenvalue weighted by molar-refractivity contribution is -0.142. The normalized spacial score (nSPS) is 12.4. The number of rotatable bonds is 13. The number of methoxy groups -OCH3 is 2. The van der Waals surface area contributed by atoms with Gasteiger partial charge in [-0.2, -0.15) is 0 Å². The Labute approximate surface area is 197 Å². The maximum absolute atomic E-state index is 13.3. The van der Waals surface area contributed by atoms with E-state index in [2.05, 4.69) is 5.32 Å². The number of hydrogen-bond donors (Lipinski definition) is 1. The van der Waals surface area contributed by atoms with E-state index in [1.54, 1.807) is 37.3 Å². The summed E-state index contributed by atoms with van der Waals surface area (Å²) in [5.74, 6) is 1.20. The molecule has 2 rings (SSSR count). The number of ether oxygens (including phenoxy) is 3. The summed E-state index contributed by atoms with van der Waals surface area (Å²) in [6, 6.07) is 14.5. The van der Waals surface area contributed by atoms with Crippen LogP contribution in [0.4, 0.5) is 0 Å². The highest BCUT2D eigenvalue weighted by atomic mass is 16.5. The van der Waals surface area contributed by atoms with Crippen molar-refractivity contribution in [2.24, 2.45) is 0 Å². The minimum Gasteiger partial charge on any atom is -0.496 e. The minimum absolute atomic E-state index is 0.0399. The molecular formula is C26H36N2O5. The van der Waals surface area contributed by atoms with E-state index in [-0.39, 0.29) is 24.5 Å². The van der Waals surface area contributed by atoms with Gasteiger partial charge in [-0.1, -0.05) is 44.2 Å². The Hall–Kier alpha value is -3.22. The Morgan fingerprint density at radius 3 is 2.09 bits per heavy atom. The molecule has 0 bridgehead atoms. The number of carbonyl (C=O) groups excluding carboxylic acids is 2. The fourth-order valence-electron chi connectivity index (χ4n) is 3.43. The molecule has 2 unspecified atom stereocenters.